The van der Waals surface area contributed by atoms with Gasteiger partial charge >= 0.3 is 6.09 Å². The van der Waals surface area contributed by atoms with Gasteiger partial charge in [-0.2, -0.15) is 0 Å². The molecule has 8 nitrogen and oxygen atoms in total. The van der Waals surface area contributed by atoms with Gasteiger partial charge in [0.25, 0.3) is 11.5 Å². The molecule has 2 amide bonds. The zero-order valence-corrected chi connectivity index (χ0v) is 26.1. The predicted octanol–water partition coefficient (Wildman–Crippen LogP) is 6.02. The summed E-state index contributed by atoms with van der Waals surface area (Å²) in [5.74, 6) is -0.926. The highest BCUT2D eigenvalue weighted by Crippen LogP contribution is 2.34. The van der Waals surface area contributed by atoms with Crippen LogP contribution in [0.25, 0.3) is 0 Å². The Morgan fingerprint density at radius 2 is 1.76 bits per heavy atom. The lowest BCUT2D eigenvalue weighted by Gasteiger charge is -2.47. The molecule has 0 radical (unpaired) electrons. The van der Waals surface area contributed by atoms with Crippen molar-refractivity contribution < 1.29 is 18.7 Å². The number of pyridine rings is 1. The maximum Gasteiger partial charge on any atom is 0.410 e. The van der Waals surface area contributed by atoms with Crippen molar-refractivity contribution in [2.75, 3.05) is 11.4 Å². The van der Waals surface area contributed by atoms with Gasteiger partial charge in [-0.25, -0.2) is 9.18 Å². The fourth-order valence-corrected chi connectivity index (χ4v) is 6.03. The summed E-state index contributed by atoms with van der Waals surface area (Å²) in [4.78, 5) is 45.6. The van der Waals surface area contributed by atoms with E-state index in [9.17, 15) is 14.4 Å². The number of nitrogens with zero attached hydrogens (tertiary/aromatic N) is 2. The molecule has 2 unspecified atom stereocenters. The van der Waals surface area contributed by atoms with Gasteiger partial charge in [0.15, 0.2) is 0 Å². The highest BCUT2D eigenvalue weighted by Gasteiger charge is 2.38. The Bertz CT molecular complexity index is 1300. The van der Waals surface area contributed by atoms with Crippen molar-refractivity contribution in [1.29, 1.82) is 0 Å². The van der Waals surface area contributed by atoms with Crippen LogP contribution in [-0.4, -0.2) is 52.2 Å². The van der Waals surface area contributed by atoms with E-state index in [-0.39, 0.29) is 41.9 Å². The standard InChI is InChI=1S/C32H47FN4O4/c1-10-12-23-13-19(3)35-30(39)27(23)18-34-29(38)26-16-24(33)17-28(22(26)6)36(11-2)25-14-20(4)37(21(5)15-25)31(40)41-32(7,8)9/h13,16-17,20-21,25H,10-12,14-15,18H2,1-9H3,(H,34,38)(H,35,39)/t20-,21?,25?/m1/s1. The molecule has 1 aliphatic rings. The third kappa shape index (κ3) is 7.68. The molecule has 1 aromatic heterocycles. The minimum atomic E-state index is -0.580. The highest BCUT2D eigenvalue weighted by atomic mass is 19.1. The average molecular weight is 571 g/mol. The van der Waals surface area contributed by atoms with E-state index in [0.717, 1.165) is 24.1 Å². The van der Waals surface area contributed by atoms with Crippen molar-refractivity contribution in [2.24, 2.45) is 0 Å². The Morgan fingerprint density at radius 1 is 1.12 bits per heavy atom. The number of hydrogen-bond donors (Lipinski definition) is 2. The van der Waals surface area contributed by atoms with Gasteiger partial charge in [-0.1, -0.05) is 13.3 Å². The van der Waals surface area contributed by atoms with Gasteiger partial charge in [0.1, 0.15) is 11.4 Å². The monoisotopic (exact) mass is 570 g/mol. The molecular formula is C32H47FN4O4. The molecule has 1 aliphatic heterocycles. The van der Waals surface area contributed by atoms with Gasteiger partial charge in [-0.05, 0) is 104 Å². The van der Waals surface area contributed by atoms with E-state index in [4.69, 9.17) is 4.74 Å². The van der Waals surface area contributed by atoms with Crippen molar-refractivity contribution in [3.05, 3.63) is 62.3 Å². The molecule has 2 aromatic rings. The number of ether oxygens (including phenoxy) is 1. The number of amides is 2. The number of H-pyrrole nitrogens is 1. The molecule has 0 bridgehead atoms. The van der Waals surface area contributed by atoms with Crippen LogP contribution in [0.5, 0.6) is 0 Å². The summed E-state index contributed by atoms with van der Waals surface area (Å²) < 4.78 is 20.7. The van der Waals surface area contributed by atoms with Crippen LogP contribution in [-0.2, 0) is 17.7 Å². The maximum absolute atomic E-state index is 15.0. The number of aromatic amines is 1. The SMILES string of the molecule is CCCc1cc(C)[nH]c(=O)c1CNC(=O)c1cc(F)cc(N(CC)C2CC(C)N(C(=O)OC(C)(C)C)[C@H](C)C2)c1C. The van der Waals surface area contributed by atoms with E-state index >= 15 is 4.39 Å². The normalized spacial score (nSPS) is 19.2. The molecule has 0 aliphatic carbocycles. The number of aryl methyl sites for hydroxylation is 2. The Labute approximate surface area is 243 Å². The van der Waals surface area contributed by atoms with E-state index in [1.54, 1.807) is 4.90 Å². The topological polar surface area (TPSA) is 94.7 Å². The third-order valence-corrected chi connectivity index (χ3v) is 7.77. The Balaban J connectivity index is 1.84. The number of likely N-dealkylation sites (tertiary alicyclic amines) is 1. The quantitative estimate of drug-likeness (QED) is 0.405. The number of aromatic nitrogens is 1. The number of piperidine rings is 1. The van der Waals surface area contributed by atoms with Gasteiger partial charge in [-0.3, -0.25) is 9.59 Å². The zero-order valence-electron chi connectivity index (χ0n) is 26.1. The third-order valence-electron chi connectivity index (χ3n) is 7.77. The summed E-state index contributed by atoms with van der Waals surface area (Å²) in [6.07, 6.45) is 2.65. The van der Waals surface area contributed by atoms with E-state index in [1.165, 1.54) is 12.1 Å². The van der Waals surface area contributed by atoms with Crippen molar-refractivity contribution in [1.82, 2.24) is 15.2 Å². The number of halogens is 1. The van der Waals surface area contributed by atoms with Crippen LogP contribution in [0.2, 0.25) is 0 Å². The van der Waals surface area contributed by atoms with Crippen LogP contribution >= 0.6 is 0 Å². The van der Waals surface area contributed by atoms with Crippen LogP contribution < -0.4 is 15.8 Å². The largest absolute Gasteiger partial charge is 0.444 e. The van der Waals surface area contributed by atoms with Crippen molar-refractivity contribution in [2.45, 2.75) is 118 Å². The molecule has 1 fully saturated rings. The molecule has 3 atom stereocenters. The Morgan fingerprint density at radius 3 is 2.32 bits per heavy atom. The van der Waals surface area contributed by atoms with E-state index < -0.39 is 17.3 Å². The first kappa shape index (κ1) is 32.2. The molecule has 41 heavy (non-hydrogen) atoms. The predicted molar refractivity (Wildman–Crippen MR) is 161 cm³/mol. The highest BCUT2D eigenvalue weighted by molar-refractivity contribution is 5.97. The van der Waals surface area contributed by atoms with Crippen molar-refractivity contribution >= 4 is 17.7 Å². The van der Waals surface area contributed by atoms with Gasteiger partial charge < -0.3 is 24.8 Å². The number of carbonyl (C=O) groups excluding carboxylic acids is 2. The van der Waals surface area contributed by atoms with Crippen LogP contribution in [0.3, 0.4) is 0 Å². The molecule has 2 N–H and O–H groups in total. The summed E-state index contributed by atoms with van der Waals surface area (Å²) in [6.45, 7) is 18.0. The summed E-state index contributed by atoms with van der Waals surface area (Å²) >= 11 is 0. The van der Waals surface area contributed by atoms with Gasteiger partial charge in [0.05, 0.1) is 0 Å². The molecule has 2 heterocycles. The smallest absolute Gasteiger partial charge is 0.410 e. The lowest BCUT2D eigenvalue weighted by molar-refractivity contribution is -0.00252. The van der Waals surface area contributed by atoms with E-state index in [2.05, 4.69) is 15.2 Å². The van der Waals surface area contributed by atoms with E-state index in [0.29, 0.717) is 36.2 Å². The van der Waals surface area contributed by atoms with Crippen molar-refractivity contribution in [3.63, 3.8) is 0 Å². The minimum Gasteiger partial charge on any atom is -0.444 e. The Hall–Kier alpha value is -3.36. The number of nitrogens with one attached hydrogen (secondary N) is 2. The van der Waals surface area contributed by atoms with Crippen LogP contribution in [0, 0.1) is 19.7 Å². The first-order chi connectivity index (χ1) is 19.2. The molecule has 1 aromatic carbocycles. The van der Waals surface area contributed by atoms with E-state index in [1.807, 2.05) is 68.4 Å². The maximum atomic E-state index is 15.0. The number of rotatable bonds is 8. The molecule has 1 saturated heterocycles. The second-order valence-corrected chi connectivity index (χ2v) is 12.3. The number of anilines is 1. The zero-order chi connectivity index (χ0) is 30.6. The summed E-state index contributed by atoms with van der Waals surface area (Å²) in [5, 5.41) is 2.85. The van der Waals surface area contributed by atoms with Crippen molar-refractivity contribution in [3.8, 4) is 0 Å². The van der Waals surface area contributed by atoms with Gasteiger partial charge in [0.2, 0.25) is 0 Å². The van der Waals surface area contributed by atoms with Crippen LogP contribution in [0.15, 0.2) is 23.0 Å². The van der Waals surface area contributed by atoms with Gasteiger partial charge in [-0.15, -0.1) is 0 Å². The van der Waals surface area contributed by atoms with Crippen LogP contribution in [0.4, 0.5) is 14.9 Å². The molecular weight excluding hydrogens is 523 g/mol. The summed E-state index contributed by atoms with van der Waals surface area (Å²) in [7, 11) is 0. The Kier molecular flexibility index (Phi) is 10.3. The lowest BCUT2D eigenvalue weighted by Crippen LogP contribution is -2.56. The second-order valence-electron chi connectivity index (χ2n) is 12.3. The van der Waals surface area contributed by atoms with Gasteiger partial charge in [0, 0.05) is 53.7 Å². The first-order valence-electron chi connectivity index (χ1n) is 14.7. The fraction of sp³-hybridized carbons (Fsp3) is 0.594. The second kappa shape index (κ2) is 13.1. The number of benzene rings is 1. The average Bonchev–Trinajstić information content (AvgIpc) is 2.84. The minimum absolute atomic E-state index is 0.0443. The molecule has 226 valence electrons. The summed E-state index contributed by atoms with van der Waals surface area (Å²) in [5.41, 5.74) is 2.98. The fourth-order valence-electron chi connectivity index (χ4n) is 6.03. The lowest BCUT2D eigenvalue weighted by atomic mass is 9.90. The molecule has 0 spiro atoms. The molecule has 9 heteroatoms. The summed E-state index contributed by atoms with van der Waals surface area (Å²) in [6, 6.07) is 4.57. The van der Waals surface area contributed by atoms with Crippen LogP contribution in [0.1, 0.15) is 100 Å². The molecule has 3 rings (SSSR count). The number of hydrogen-bond acceptors (Lipinski definition) is 5. The molecule has 0 saturated carbocycles. The first-order valence-corrected chi connectivity index (χ1v) is 14.7. The number of carbonyl (C=O) groups is 2.